The van der Waals surface area contributed by atoms with Crippen LogP contribution in [0.2, 0.25) is 0 Å². The van der Waals surface area contributed by atoms with Crippen molar-refractivity contribution in [1.29, 1.82) is 0 Å². The van der Waals surface area contributed by atoms with Gasteiger partial charge in [0, 0.05) is 12.6 Å². The van der Waals surface area contributed by atoms with Crippen molar-refractivity contribution in [3.63, 3.8) is 0 Å². The number of quaternary nitrogens is 1. The molecule has 1 aliphatic heterocycles. The third kappa shape index (κ3) is 4.79. The van der Waals surface area contributed by atoms with E-state index in [9.17, 15) is 4.79 Å². The summed E-state index contributed by atoms with van der Waals surface area (Å²) < 4.78 is 0. The minimum atomic E-state index is -0.00215. The molecule has 3 N–H and O–H groups in total. The Bertz CT molecular complexity index is 654. The van der Waals surface area contributed by atoms with Crippen LogP contribution in [0.4, 0.5) is 5.82 Å². The first-order valence-electron chi connectivity index (χ1n) is 9.12. The van der Waals surface area contributed by atoms with E-state index < -0.39 is 0 Å². The van der Waals surface area contributed by atoms with Crippen molar-refractivity contribution in [1.82, 2.24) is 5.32 Å². The summed E-state index contributed by atoms with van der Waals surface area (Å²) in [7, 11) is 0. The highest BCUT2D eigenvalue weighted by molar-refractivity contribution is 5.79. The first-order valence-corrected chi connectivity index (χ1v) is 9.12. The zero-order valence-corrected chi connectivity index (χ0v) is 14.9. The maximum absolute atomic E-state index is 12.4. The van der Waals surface area contributed by atoms with Crippen LogP contribution in [-0.4, -0.2) is 44.7 Å². The standard InChI is InChI=1S/C20H26N4O/c1-17(20(25)22-12-10-18-7-3-2-4-8-18)23-13-15-24(16-14-23)19-9-5-6-11-21-19/h2-9,11,17H,10,12-16H2,1H3,(H,22,25)/p+2/t17-/m0/s1. The lowest BCUT2D eigenvalue weighted by molar-refractivity contribution is -0.914. The van der Waals surface area contributed by atoms with Crippen molar-refractivity contribution in [2.24, 2.45) is 0 Å². The van der Waals surface area contributed by atoms with E-state index in [0.717, 1.165) is 38.4 Å². The van der Waals surface area contributed by atoms with Gasteiger partial charge in [-0.3, -0.25) is 9.69 Å². The Morgan fingerprint density at radius 2 is 1.88 bits per heavy atom. The number of piperazine rings is 1. The molecule has 2 aromatic rings. The highest BCUT2D eigenvalue weighted by Crippen LogP contribution is 2.04. The largest absolute Gasteiger partial charge is 0.351 e. The summed E-state index contributed by atoms with van der Waals surface area (Å²) in [6.45, 7) is 6.64. The van der Waals surface area contributed by atoms with E-state index in [0.29, 0.717) is 6.54 Å². The second kappa shape index (κ2) is 8.62. The summed E-state index contributed by atoms with van der Waals surface area (Å²) in [5.41, 5.74) is 1.26. The molecular formula is C20H28N4O+2. The van der Waals surface area contributed by atoms with Gasteiger partial charge in [0.1, 0.15) is 26.2 Å². The van der Waals surface area contributed by atoms with Crippen LogP contribution in [0.3, 0.4) is 0 Å². The van der Waals surface area contributed by atoms with Crippen LogP contribution < -0.4 is 20.1 Å². The van der Waals surface area contributed by atoms with Crippen LogP contribution in [0.5, 0.6) is 0 Å². The fraction of sp³-hybridized carbons (Fsp3) is 0.400. The Labute approximate surface area is 149 Å². The number of carbonyl (C=O) groups excluding carboxylic acids is 1. The lowest BCUT2D eigenvalue weighted by Crippen LogP contribution is -3.19. The van der Waals surface area contributed by atoms with Gasteiger partial charge in [-0.2, -0.15) is 0 Å². The molecule has 132 valence electrons. The maximum atomic E-state index is 12.4. The highest BCUT2D eigenvalue weighted by atomic mass is 16.2. The quantitative estimate of drug-likeness (QED) is 0.775. The van der Waals surface area contributed by atoms with E-state index in [-0.39, 0.29) is 11.9 Å². The molecule has 0 radical (unpaired) electrons. The molecule has 0 spiro atoms. The van der Waals surface area contributed by atoms with Crippen molar-refractivity contribution in [2.45, 2.75) is 19.4 Å². The van der Waals surface area contributed by atoms with E-state index in [1.165, 1.54) is 10.5 Å². The number of nitrogens with zero attached hydrogens (tertiary/aromatic N) is 1. The van der Waals surface area contributed by atoms with Crippen molar-refractivity contribution < 1.29 is 14.7 Å². The molecule has 1 aliphatic rings. The number of hydrogen-bond donors (Lipinski definition) is 2. The molecule has 0 bridgehead atoms. The monoisotopic (exact) mass is 340 g/mol. The SMILES string of the molecule is C[C@@H](C(=O)NCCc1ccccc1)[NH+]1CCN(c2cccc[nH+]2)CC1. The molecule has 5 nitrogen and oxygen atoms in total. The lowest BCUT2D eigenvalue weighted by atomic mass is 10.1. The van der Waals surface area contributed by atoms with E-state index >= 15 is 0 Å². The number of hydrogen-bond acceptors (Lipinski definition) is 2. The Morgan fingerprint density at radius 3 is 2.56 bits per heavy atom. The molecule has 1 atom stereocenters. The minimum absolute atomic E-state index is 0.00215. The van der Waals surface area contributed by atoms with Crippen molar-refractivity contribution in [2.75, 3.05) is 37.6 Å². The van der Waals surface area contributed by atoms with Gasteiger partial charge in [0.2, 0.25) is 0 Å². The van der Waals surface area contributed by atoms with Crippen molar-refractivity contribution in [3.05, 3.63) is 60.3 Å². The number of pyridine rings is 1. The zero-order valence-electron chi connectivity index (χ0n) is 14.9. The van der Waals surface area contributed by atoms with E-state index in [4.69, 9.17) is 0 Å². The second-order valence-corrected chi connectivity index (χ2v) is 6.64. The van der Waals surface area contributed by atoms with Crippen LogP contribution in [0.15, 0.2) is 54.7 Å². The summed E-state index contributed by atoms with van der Waals surface area (Å²) in [4.78, 5) is 19.4. The number of amides is 1. The van der Waals surface area contributed by atoms with E-state index in [1.807, 2.05) is 43.5 Å². The molecule has 2 heterocycles. The molecule has 1 saturated heterocycles. The smallest absolute Gasteiger partial charge is 0.278 e. The van der Waals surface area contributed by atoms with Gasteiger partial charge in [-0.1, -0.05) is 36.4 Å². The van der Waals surface area contributed by atoms with Gasteiger partial charge in [-0.05, 0) is 25.0 Å². The zero-order chi connectivity index (χ0) is 17.5. The van der Waals surface area contributed by atoms with Gasteiger partial charge >= 0.3 is 0 Å². The summed E-state index contributed by atoms with van der Waals surface area (Å²) in [5, 5.41) is 3.09. The first kappa shape index (κ1) is 17.4. The maximum Gasteiger partial charge on any atom is 0.278 e. The molecule has 25 heavy (non-hydrogen) atoms. The summed E-state index contributed by atoms with van der Waals surface area (Å²) in [6, 6.07) is 16.4. The number of benzene rings is 1. The third-order valence-corrected chi connectivity index (χ3v) is 5.00. The highest BCUT2D eigenvalue weighted by Gasteiger charge is 2.32. The van der Waals surface area contributed by atoms with Gasteiger partial charge in [0.15, 0.2) is 6.04 Å². The second-order valence-electron chi connectivity index (χ2n) is 6.64. The molecule has 0 unspecified atom stereocenters. The average molecular weight is 340 g/mol. The number of aromatic nitrogens is 1. The predicted molar refractivity (Wildman–Crippen MR) is 98.5 cm³/mol. The van der Waals surface area contributed by atoms with Crippen molar-refractivity contribution >= 4 is 11.7 Å². The number of anilines is 1. The molecular weight excluding hydrogens is 312 g/mol. The van der Waals surface area contributed by atoms with Gasteiger partial charge in [-0.25, -0.2) is 4.98 Å². The molecule has 0 aliphatic carbocycles. The molecule has 1 aromatic heterocycles. The Morgan fingerprint density at radius 1 is 1.16 bits per heavy atom. The topological polar surface area (TPSA) is 50.9 Å². The fourth-order valence-electron chi connectivity index (χ4n) is 3.36. The van der Waals surface area contributed by atoms with Gasteiger partial charge in [0.25, 0.3) is 11.7 Å². The Balaban J connectivity index is 1.42. The Kier molecular flexibility index (Phi) is 6.01. The molecule has 0 saturated carbocycles. The minimum Gasteiger partial charge on any atom is -0.351 e. The molecule has 1 aromatic carbocycles. The van der Waals surface area contributed by atoms with Gasteiger partial charge < -0.3 is 10.2 Å². The predicted octanol–water partition coefficient (Wildman–Crippen LogP) is -0.0470. The fourth-order valence-corrected chi connectivity index (χ4v) is 3.36. The molecule has 5 heteroatoms. The first-order chi connectivity index (χ1) is 12.2. The van der Waals surface area contributed by atoms with E-state index in [1.54, 1.807) is 0 Å². The van der Waals surface area contributed by atoms with Gasteiger partial charge in [0.05, 0.1) is 6.20 Å². The number of carbonyl (C=O) groups is 1. The van der Waals surface area contributed by atoms with Crippen molar-refractivity contribution in [3.8, 4) is 0 Å². The molecule has 1 fully saturated rings. The normalized spacial score (nSPS) is 16.4. The Hall–Kier alpha value is -2.40. The summed E-state index contributed by atoms with van der Waals surface area (Å²) >= 11 is 0. The molecule has 3 rings (SSSR count). The van der Waals surface area contributed by atoms with Crippen LogP contribution in [-0.2, 0) is 11.2 Å². The van der Waals surface area contributed by atoms with Crippen LogP contribution in [0.25, 0.3) is 0 Å². The summed E-state index contributed by atoms with van der Waals surface area (Å²) in [6.07, 6.45) is 2.84. The average Bonchev–Trinajstić information content (AvgIpc) is 2.69. The third-order valence-electron chi connectivity index (χ3n) is 5.00. The van der Waals surface area contributed by atoms with Gasteiger partial charge in [-0.15, -0.1) is 0 Å². The number of nitrogens with one attached hydrogen (secondary N) is 3. The van der Waals surface area contributed by atoms with Crippen LogP contribution in [0, 0.1) is 0 Å². The van der Waals surface area contributed by atoms with Crippen LogP contribution in [0.1, 0.15) is 12.5 Å². The number of rotatable bonds is 6. The van der Waals surface area contributed by atoms with Crippen LogP contribution >= 0.6 is 0 Å². The number of H-pyrrole nitrogens is 1. The number of aromatic amines is 1. The summed E-state index contributed by atoms with van der Waals surface area (Å²) in [5.74, 6) is 1.31. The lowest BCUT2D eigenvalue weighted by Gasteiger charge is -2.31. The molecule has 1 amide bonds. The van der Waals surface area contributed by atoms with E-state index in [2.05, 4.69) is 33.4 Å².